The molecule has 0 atom stereocenters. The predicted octanol–water partition coefficient (Wildman–Crippen LogP) is 0.858. The standard InChI is InChI=1S/C5H5ClN2O/c6-5-3-4(7)1-2-8(5)9/h1-3,7,9H. The summed E-state index contributed by atoms with van der Waals surface area (Å²) >= 11 is 5.41. The molecule has 0 amide bonds. The Balaban J connectivity index is 3.34. The van der Waals surface area contributed by atoms with Crippen LogP contribution in [0.25, 0.3) is 0 Å². The van der Waals surface area contributed by atoms with Crippen LogP contribution < -0.4 is 5.36 Å². The van der Waals surface area contributed by atoms with Gasteiger partial charge in [-0.15, -0.1) is 0 Å². The lowest BCUT2D eigenvalue weighted by Gasteiger charge is -1.96. The second-order valence-corrected chi connectivity index (χ2v) is 1.97. The molecule has 1 aromatic rings. The molecule has 0 fully saturated rings. The quantitative estimate of drug-likeness (QED) is 0.412. The molecule has 0 aliphatic rings. The molecule has 0 aliphatic carbocycles. The SMILES string of the molecule is N=c1ccn(O)c(Cl)c1. The summed E-state index contributed by atoms with van der Waals surface area (Å²) in [4.78, 5) is 0. The summed E-state index contributed by atoms with van der Waals surface area (Å²) in [5, 5.41) is 16.2. The van der Waals surface area contributed by atoms with Crippen LogP contribution in [0.2, 0.25) is 5.15 Å². The Morgan fingerprint density at radius 1 is 1.67 bits per heavy atom. The summed E-state index contributed by atoms with van der Waals surface area (Å²) < 4.78 is 0.750. The van der Waals surface area contributed by atoms with E-state index in [-0.39, 0.29) is 10.5 Å². The van der Waals surface area contributed by atoms with Crippen molar-refractivity contribution in [3.8, 4) is 0 Å². The Hall–Kier alpha value is -0.960. The molecule has 1 rings (SSSR count). The summed E-state index contributed by atoms with van der Waals surface area (Å²) in [5.41, 5.74) is 0. The molecule has 0 saturated heterocycles. The largest absolute Gasteiger partial charge is 0.428 e. The highest BCUT2D eigenvalue weighted by Crippen LogP contribution is 1.99. The van der Waals surface area contributed by atoms with E-state index in [1.165, 1.54) is 18.3 Å². The maximum Gasteiger partial charge on any atom is 0.147 e. The molecule has 0 spiro atoms. The Bertz CT molecular complexity index is 268. The minimum atomic E-state index is 0.141. The fraction of sp³-hybridized carbons (Fsp3) is 0. The molecule has 1 aromatic heterocycles. The lowest BCUT2D eigenvalue weighted by molar-refractivity contribution is 0.185. The molecule has 0 saturated carbocycles. The summed E-state index contributed by atoms with van der Waals surface area (Å²) in [6, 6.07) is 2.79. The molecule has 3 nitrogen and oxygen atoms in total. The van der Waals surface area contributed by atoms with E-state index in [2.05, 4.69) is 0 Å². The minimum absolute atomic E-state index is 0.141. The van der Waals surface area contributed by atoms with Crippen molar-refractivity contribution in [3.05, 3.63) is 28.8 Å². The molecule has 0 aromatic carbocycles. The Kier molecular flexibility index (Phi) is 1.44. The van der Waals surface area contributed by atoms with Crippen molar-refractivity contribution in [1.29, 1.82) is 5.41 Å². The van der Waals surface area contributed by atoms with E-state index < -0.39 is 0 Å². The van der Waals surface area contributed by atoms with Crippen LogP contribution >= 0.6 is 11.6 Å². The van der Waals surface area contributed by atoms with E-state index in [1.54, 1.807) is 0 Å². The average molecular weight is 145 g/mol. The zero-order valence-electron chi connectivity index (χ0n) is 4.50. The van der Waals surface area contributed by atoms with Gasteiger partial charge >= 0.3 is 0 Å². The normalized spacial score (nSPS) is 9.44. The van der Waals surface area contributed by atoms with Gasteiger partial charge < -0.3 is 10.6 Å². The zero-order valence-corrected chi connectivity index (χ0v) is 5.26. The highest BCUT2D eigenvalue weighted by atomic mass is 35.5. The van der Waals surface area contributed by atoms with Gasteiger partial charge in [0.2, 0.25) is 0 Å². The highest BCUT2D eigenvalue weighted by Gasteiger charge is 1.89. The molecule has 0 bridgehead atoms. The summed E-state index contributed by atoms with van der Waals surface area (Å²) in [5.74, 6) is 0. The smallest absolute Gasteiger partial charge is 0.147 e. The molecule has 0 aliphatic heterocycles. The number of nitrogens with one attached hydrogen (secondary N) is 1. The molecule has 9 heavy (non-hydrogen) atoms. The van der Waals surface area contributed by atoms with Crippen molar-refractivity contribution >= 4 is 11.6 Å². The average Bonchev–Trinajstić information content (AvgIpc) is 1.80. The van der Waals surface area contributed by atoms with Crippen LogP contribution in [0.1, 0.15) is 0 Å². The number of pyridine rings is 1. The molecule has 48 valence electrons. The van der Waals surface area contributed by atoms with Gasteiger partial charge in [0, 0.05) is 12.3 Å². The van der Waals surface area contributed by atoms with Gasteiger partial charge in [0.05, 0.1) is 5.36 Å². The number of rotatable bonds is 0. The van der Waals surface area contributed by atoms with Crippen LogP contribution in [0.5, 0.6) is 0 Å². The third-order valence-corrected chi connectivity index (χ3v) is 1.17. The van der Waals surface area contributed by atoms with Crippen LogP contribution in [0, 0.1) is 5.41 Å². The van der Waals surface area contributed by atoms with E-state index >= 15 is 0 Å². The summed E-state index contributed by atoms with van der Waals surface area (Å²) in [6.45, 7) is 0. The third-order valence-electron chi connectivity index (χ3n) is 0.889. The number of hydrogen-bond donors (Lipinski definition) is 2. The van der Waals surface area contributed by atoms with Gasteiger partial charge in [0.25, 0.3) is 0 Å². The van der Waals surface area contributed by atoms with Crippen LogP contribution in [-0.2, 0) is 0 Å². The minimum Gasteiger partial charge on any atom is -0.428 e. The van der Waals surface area contributed by atoms with Gasteiger partial charge in [0.15, 0.2) is 0 Å². The number of nitrogens with zero attached hydrogens (tertiary/aromatic N) is 1. The fourth-order valence-corrected chi connectivity index (χ4v) is 0.639. The van der Waals surface area contributed by atoms with Crippen molar-refractivity contribution in [3.63, 3.8) is 0 Å². The first-order valence-corrected chi connectivity index (χ1v) is 2.70. The van der Waals surface area contributed by atoms with Crippen LogP contribution in [0.15, 0.2) is 18.3 Å². The van der Waals surface area contributed by atoms with Gasteiger partial charge in [0.1, 0.15) is 5.15 Å². The van der Waals surface area contributed by atoms with E-state index in [4.69, 9.17) is 22.2 Å². The molecular formula is C5H5ClN2O. The van der Waals surface area contributed by atoms with E-state index in [9.17, 15) is 0 Å². The van der Waals surface area contributed by atoms with Crippen LogP contribution in [0.3, 0.4) is 0 Å². The lowest BCUT2D eigenvalue weighted by Crippen LogP contribution is -2.02. The van der Waals surface area contributed by atoms with Crippen LogP contribution in [-0.4, -0.2) is 9.94 Å². The van der Waals surface area contributed by atoms with Crippen LogP contribution in [0.4, 0.5) is 0 Å². The van der Waals surface area contributed by atoms with Gasteiger partial charge in [-0.1, -0.05) is 11.6 Å². The maximum atomic E-state index is 8.75. The van der Waals surface area contributed by atoms with E-state index in [0.29, 0.717) is 0 Å². The molecule has 0 radical (unpaired) electrons. The fourth-order valence-electron chi connectivity index (χ4n) is 0.465. The first-order valence-electron chi connectivity index (χ1n) is 2.32. The molecule has 4 heteroatoms. The number of aromatic nitrogens is 1. The Labute approximate surface area is 56.6 Å². The van der Waals surface area contributed by atoms with Gasteiger partial charge in [-0.3, -0.25) is 0 Å². The highest BCUT2D eigenvalue weighted by molar-refractivity contribution is 6.29. The van der Waals surface area contributed by atoms with Gasteiger partial charge in [-0.2, -0.15) is 4.73 Å². The van der Waals surface area contributed by atoms with Crippen molar-refractivity contribution in [2.75, 3.05) is 0 Å². The van der Waals surface area contributed by atoms with Gasteiger partial charge in [-0.05, 0) is 6.07 Å². The lowest BCUT2D eigenvalue weighted by atomic mass is 10.5. The topological polar surface area (TPSA) is 49.0 Å². The number of hydrogen-bond acceptors (Lipinski definition) is 2. The summed E-state index contributed by atoms with van der Waals surface area (Å²) in [7, 11) is 0. The molecular weight excluding hydrogens is 140 g/mol. The second kappa shape index (κ2) is 2.11. The van der Waals surface area contributed by atoms with E-state index in [0.717, 1.165) is 4.73 Å². The first-order chi connectivity index (χ1) is 4.20. The molecule has 2 N–H and O–H groups in total. The number of halogens is 1. The van der Waals surface area contributed by atoms with Crippen molar-refractivity contribution < 1.29 is 5.21 Å². The second-order valence-electron chi connectivity index (χ2n) is 1.58. The Morgan fingerprint density at radius 2 is 2.33 bits per heavy atom. The van der Waals surface area contributed by atoms with E-state index in [1.807, 2.05) is 0 Å². The van der Waals surface area contributed by atoms with Crippen molar-refractivity contribution in [1.82, 2.24) is 4.73 Å². The third kappa shape index (κ3) is 1.23. The van der Waals surface area contributed by atoms with Gasteiger partial charge in [-0.25, -0.2) is 0 Å². The maximum absolute atomic E-state index is 8.75. The monoisotopic (exact) mass is 144 g/mol. The zero-order chi connectivity index (χ0) is 6.85. The summed E-state index contributed by atoms with van der Waals surface area (Å²) in [6.07, 6.45) is 1.31. The molecule has 0 unspecified atom stereocenters. The van der Waals surface area contributed by atoms with Crippen molar-refractivity contribution in [2.24, 2.45) is 0 Å². The van der Waals surface area contributed by atoms with Crippen molar-refractivity contribution in [2.45, 2.75) is 0 Å². The predicted molar refractivity (Wildman–Crippen MR) is 32.5 cm³/mol. The first kappa shape index (κ1) is 6.16. The Morgan fingerprint density at radius 3 is 2.78 bits per heavy atom. The molecule has 1 heterocycles.